The van der Waals surface area contributed by atoms with Crippen molar-refractivity contribution in [1.82, 2.24) is 10.2 Å². The number of hydrogen-bond acceptors (Lipinski definition) is 3. The summed E-state index contributed by atoms with van der Waals surface area (Å²) in [6.45, 7) is 16.4. The van der Waals surface area contributed by atoms with Gasteiger partial charge in [-0.1, -0.05) is 27.2 Å². The first-order valence-electron chi connectivity index (χ1n) is 7.07. The maximum atomic E-state index is 5.58. The van der Waals surface area contributed by atoms with E-state index in [0.29, 0.717) is 6.04 Å². The zero-order valence-corrected chi connectivity index (χ0v) is 12.3. The molecule has 0 amide bonds. The molecular weight excluding hydrogens is 212 g/mol. The van der Waals surface area contributed by atoms with Crippen molar-refractivity contribution in [1.29, 1.82) is 0 Å². The Morgan fingerprint density at radius 2 is 2.06 bits per heavy atom. The molecule has 1 saturated heterocycles. The van der Waals surface area contributed by atoms with Crippen LogP contribution in [0.4, 0.5) is 0 Å². The van der Waals surface area contributed by atoms with Crippen LogP contribution in [0, 0.1) is 5.92 Å². The second kappa shape index (κ2) is 6.72. The van der Waals surface area contributed by atoms with E-state index >= 15 is 0 Å². The first-order valence-corrected chi connectivity index (χ1v) is 7.07. The molecule has 1 aliphatic rings. The van der Waals surface area contributed by atoms with E-state index in [1.54, 1.807) is 0 Å². The number of morpholine rings is 1. The molecule has 0 aromatic carbocycles. The lowest BCUT2D eigenvalue weighted by atomic mass is 9.95. The number of likely N-dealkylation sites (N-methyl/N-ethyl adjacent to an activating group) is 1. The molecule has 0 spiro atoms. The molecule has 0 aromatic heterocycles. The van der Waals surface area contributed by atoms with Gasteiger partial charge >= 0.3 is 0 Å². The number of nitrogens with zero attached hydrogens (tertiary/aromatic N) is 1. The fraction of sp³-hybridized carbons (Fsp3) is 1.00. The molecule has 1 rings (SSSR count). The summed E-state index contributed by atoms with van der Waals surface area (Å²) in [5.74, 6) is 0.730. The topological polar surface area (TPSA) is 24.5 Å². The third kappa shape index (κ3) is 4.23. The fourth-order valence-corrected chi connectivity index (χ4v) is 2.46. The molecular formula is C14H30N2O. The van der Waals surface area contributed by atoms with Gasteiger partial charge in [0.2, 0.25) is 0 Å². The van der Waals surface area contributed by atoms with Gasteiger partial charge < -0.3 is 10.1 Å². The highest BCUT2D eigenvalue weighted by atomic mass is 16.5. The zero-order chi connectivity index (χ0) is 12.9. The van der Waals surface area contributed by atoms with Gasteiger partial charge in [-0.25, -0.2) is 0 Å². The van der Waals surface area contributed by atoms with Crippen LogP contribution < -0.4 is 5.32 Å². The van der Waals surface area contributed by atoms with Crippen LogP contribution in [0.1, 0.15) is 41.0 Å². The second-order valence-electron chi connectivity index (χ2n) is 5.86. The van der Waals surface area contributed by atoms with Crippen molar-refractivity contribution < 1.29 is 4.74 Å². The summed E-state index contributed by atoms with van der Waals surface area (Å²) in [7, 11) is 0. The third-order valence-electron chi connectivity index (χ3n) is 4.03. The van der Waals surface area contributed by atoms with Crippen molar-refractivity contribution in [3.63, 3.8) is 0 Å². The summed E-state index contributed by atoms with van der Waals surface area (Å²) in [5.41, 5.74) is 0.180. The minimum atomic E-state index is 0.180. The third-order valence-corrected chi connectivity index (χ3v) is 4.03. The minimum absolute atomic E-state index is 0.180. The van der Waals surface area contributed by atoms with Crippen molar-refractivity contribution in [2.45, 2.75) is 52.6 Å². The van der Waals surface area contributed by atoms with E-state index in [1.807, 2.05) is 0 Å². The average molecular weight is 242 g/mol. The van der Waals surface area contributed by atoms with Crippen molar-refractivity contribution in [2.24, 2.45) is 5.92 Å². The van der Waals surface area contributed by atoms with Gasteiger partial charge in [0.05, 0.1) is 13.2 Å². The van der Waals surface area contributed by atoms with Crippen LogP contribution in [-0.4, -0.2) is 49.3 Å². The standard InChI is InChI=1S/C14H30N2O/c1-6-12(3)13(15-7-2)10-16-8-9-17-11-14(16,4)5/h12-13,15H,6-11H2,1-5H3. The highest BCUT2D eigenvalue weighted by Crippen LogP contribution is 2.21. The van der Waals surface area contributed by atoms with E-state index in [1.165, 1.54) is 6.42 Å². The summed E-state index contributed by atoms with van der Waals surface area (Å²) in [4.78, 5) is 2.58. The molecule has 0 bridgehead atoms. The average Bonchev–Trinajstić information content (AvgIpc) is 2.29. The number of hydrogen-bond donors (Lipinski definition) is 1. The predicted molar refractivity (Wildman–Crippen MR) is 73.4 cm³/mol. The number of rotatable bonds is 6. The van der Waals surface area contributed by atoms with Crippen molar-refractivity contribution >= 4 is 0 Å². The van der Waals surface area contributed by atoms with E-state index < -0.39 is 0 Å². The molecule has 1 aliphatic heterocycles. The maximum absolute atomic E-state index is 5.58. The molecule has 0 aliphatic carbocycles. The van der Waals surface area contributed by atoms with Crippen LogP contribution >= 0.6 is 0 Å². The summed E-state index contributed by atoms with van der Waals surface area (Å²) < 4.78 is 5.58. The lowest BCUT2D eigenvalue weighted by Gasteiger charge is -2.44. The smallest absolute Gasteiger partial charge is 0.0645 e. The minimum Gasteiger partial charge on any atom is -0.378 e. The Morgan fingerprint density at radius 3 is 2.59 bits per heavy atom. The SMILES string of the molecule is CCNC(CN1CCOCC1(C)C)C(C)CC. The molecule has 3 heteroatoms. The van der Waals surface area contributed by atoms with Crippen LogP contribution in [0.3, 0.4) is 0 Å². The number of nitrogens with one attached hydrogen (secondary N) is 1. The fourth-order valence-electron chi connectivity index (χ4n) is 2.46. The van der Waals surface area contributed by atoms with Gasteiger partial charge in [0.15, 0.2) is 0 Å². The van der Waals surface area contributed by atoms with E-state index in [0.717, 1.165) is 38.8 Å². The van der Waals surface area contributed by atoms with Gasteiger partial charge in [0, 0.05) is 24.7 Å². The monoisotopic (exact) mass is 242 g/mol. The maximum Gasteiger partial charge on any atom is 0.0645 e. The van der Waals surface area contributed by atoms with Crippen molar-refractivity contribution in [2.75, 3.05) is 32.8 Å². The van der Waals surface area contributed by atoms with E-state index in [4.69, 9.17) is 4.74 Å². The largest absolute Gasteiger partial charge is 0.378 e. The first kappa shape index (κ1) is 14.9. The molecule has 0 saturated carbocycles. The van der Waals surface area contributed by atoms with Crippen LogP contribution in [-0.2, 0) is 4.74 Å². The molecule has 102 valence electrons. The Hall–Kier alpha value is -0.120. The molecule has 1 fully saturated rings. The lowest BCUT2D eigenvalue weighted by molar-refractivity contribution is -0.0565. The van der Waals surface area contributed by atoms with Crippen molar-refractivity contribution in [3.8, 4) is 0 Å². The Bertz CT molecular complexity index is 218. The van der Waals surface area contributed by atoms with Crippen LogP contribution in [0.2, 0.25) is 0 Å². The quantitative estimate of drug-likeness (QED) is 0.772. The van der Waals surface area contributed by atoms with Crippen LogP contribution in [0.15, 0.2) is 0 Å². The normalized spacial score (nSPS) is 24.5. The highest BCUT2D eigenvalue weighted by molar-refractivity contribution is 4.88. The van der Waals surface area contributed by atoms with Gasteiger partial charge in [-0.3, -0.25) is 4.90 Å². The number of ether oxygens (including phenoxy) is 1. The van der Waals surface area contributed by atoms with Gasteiger partial charge in [0.1, 0.15) is 0 Å². The lowest BCUT2D eigenvalue weighted by Crippen LogP contribution is -2.57. The Kier molecular flexibility index (Phi) is 5.90. The second-order valence-corrected chi connectivity index (χ2v) is 5.86. The Labute approximate surface area is 107 Å². The van der Waals surface area contributed by atoms with Gasteiger partial charge in [0.25, 0.3) is 0 Å². The van der Waals surface area contributed by atoms with Gasteiger partial charge in [-0.2, -0.15) is 0 Å². The van der Waals surface area contributed by atoms with Crippen LogP contribution in [0.25, 0.3) is 0 Å². The van der Waals surface area contributed by atoms with E-state index in [-0.39, 0.29) is 5.54 Å². The molecule has 0 aromatic rings. The molecule has 3 nitrogen and oxygen atoms in total. The van der Waals surface area contributed by atoms with Crippen molar-refractivity contribution in [3.05, 3.63) is 0 Å². The highest BCUT2D eigenvalue weighted by Gasteiger charge is 2.32. The molecule has 2 atom stereocenters. The summed E-state index contributed by atoms with van der Waals surface area (Å²) in [6.07, 6.45) is 1.24. The molecule has 17 heavy (non-hydrogen) atoms. The molecule has 0 radical (unpaired) electrons. The van der Waals surface area contributed by atoms with E-state index in [2.05, 4.69) is 44.8 Å². The van der Waals surface area contributed by atoms with Gasteiger partial charge in [-0.15, -0.1) is 0 Å². The van der Waals surface area contributed by atoms with E-state index in [9.17, 15) is 0 Å². The van der Waals surface area contributed by atoms with Gasteiger partial charge in [-0.05, 0) is 26.3 Å². The summed E-state index contributed by atoms with van der Waals surface area (Å²) in [5, 5.41) is 3.64. The first-order chi connectivity index (χ1) is 8.01. The molecule has 1 heterocycles. The molecule has 2 unspecified atom stereocenters. The summed E-state index contributed by atoms with van der Waals surface area (Å²) in [6, 6.07) is 0.599. The predicted octanol–water partition coefficient (Wildman–Crippen LogP) is 2.12. The molecule has 1 N–H and O–H groups in total. The summed E-state index contributed by atoms with van der Waals surface area (Å²) >= 11 is 0. The Morgan fingerprint density at radius 1 is 1.35 bits per heavy atom. The zero-order valence-electron chi connectivity index (χ0n) is 12.3. The Balaban J connectivity index is 2.58. The van der Waals surface area contributed by atoms with Crippen LogP contribution in [0.5, 0.6) is 0 Å².